The van der Waals surface area contributed by atoms with Crippen molar-refractivity contribution in [2.45, 2.75) is 19.4 Å². The molecule has 98 valence electrons. The molecule has 1 aromatic rings. The summed E-state index contributed by atoms with van der Waals surface area (Å²) >= 11 is 0. The van der Waals surface area contributed by atoms with E-state index in [-0.39, 0.29) is 0 Å². The van der Waals surface area contributed by atoms with Gasteiger partial charge in [0, 0.05) is 13.1 Å². The van der Waals surface area contributed by atoms with Gasteiger partial charge >= 0.3 is 6.09 Å². The van der Waals surface area contributed by atoms with Gasteiger partial charge in [0.1, 0.15) is 0 Å². The molecule has 1 fully saturated rings. The van der Waals surface area contributed by atoms with Crippen LogP contribution in [0.4, 0.5) is 4.79 Å². The third-order valence-corrected chi connectivity index (χ3v) is 3.42. The summed E-state index contributed by atoms with van der Waals surface area (Å²) < 4.78 is 0. The first kappa shape index (κ1) is 12.9. The fraction of sp³-hybridized carbons (Fsp3) is 0.500. The van der Waals surface area contributed by atoms with Crippen LogP contribution in [0.1, 0.15) is 18.4 Å². The van der Waals surface area contributed by atoms with Gasteiger partial charge in [0.15, 0.2) is 0 Å². The number of hydrogen-bond acceptors (Lipinski definition) is 2. The van der Waals surface area contributed by atoms with Crippen LogP contribution in [0.2, 0.25) is 0 Å². The number of nitrogens with zero attached hydrogens (tertiary/aromatic N) is 1. The SMILES string of the molecule is O=C(O)N(Cc1ccccc1)CC1CCNCC1. The minimum Gasteiger partial charge on any atom is -0.465 e. The first-order valence-electron chi connectivity index (χ1n) is 6.48. The highest BCUT2D eigenvalue weighted by molar-refractivity contribution is 5.65. The molecule has 0 spiro atoms. The monoisotopic (exact) mass is 248 g/mol. The maximum Gasteiger partial charge on any atom is 0.407 e. The molecule has 1 amide bonds. The fourth-order valence-electron chi connectivity index (χ4n) is 2.39. The van der Waals surface area contributed by atoms with Gasteiger partial charge in [-0.25, -0.2) is 4.79 Å². The van der Waals surface area contributed by atoms with Crippen molar-refractivity contribution >= 4 is 6.09 Å². The Labute approximate surface area is 108 Å². The van der Waals surface area contributed by atoms with Crippen molar-refractivity contribution in [3.05, 3.63) is 35.9 Å². The molecular weight excluding hydrogens is 228 g/mol. The smallest absolute Gasteiger partial charge is 0.407 e. The van der Waals surface area contributed by atoms with Gasteiger partial charge in [-0.05, 0) is 37.4 Å². The van der Waals surface area contributed by atoms with Crippen molar-refractivity contribution in [2.24, 2.45) is 5.92 Å². The van der Waals surface area contributed by atoms with Crippen LogP contribution in [0.5, 0.6) is 0 Å². The van der Waals surface area contributed by atoms with Crippen molar-refractivity contribution in [1.29, 1.82) is 0 Å². The lowest BCUT2D eigenvalue weighted by Crippen LogP contribution is -2.38. The van der Waals surface area contributed by atoms with E-state index in [1.807, 2.05) is 30.3 Å². The number of amides is 1. The average Bonchev–Trinajstić information content (AvgIpc) is 2.40. The van der Waals surface area contributed by atoms with E-state index in [4.69, 9.17) is 0 Å². The van der Waals surface area contributed by atoms with E-state index in [9.17, 15) is 9.90 Å². The summed E-state index contributed by atoms with van der Waals surface area (Å²) in [6.45, 7) is 3.14. The van der Waals surface area contributed by atoms with E-state index >= 15 is 0 Å². The topological polar surface area (TPSA) is 52.6 Å². The van der Waals surface area contributed by atoms with Crippen LogP contribution in [0, 0.1) is 5.92 Å². The summed E-state index contributed by atoms with van der Waals surface area (Å²) in [7, 11) is 0. The van der Waals surface area contributed by atoms with Crippen molar-refractivity contribution in [2.75, 3.05) is 19.6 Å². The zero-order chi connectivity index (χ0) is 12.8. The summed E-state index contributed by atoms with van der Waals surface area (Å²) in [4.78, 5) is 12.8. The number of carboxylic acid groups (broad SMARTS) is 1. The molecular formula is C14H20N2O2. The number of carbonyl (C=O) groups is 1. The number of nitrogens with one attached hydrogen (secondary N) is 1. The highest BCUT2D eigenvalue weighted by atomic mass is 16.4. The van der Waals surface area contributed by atoms with Gasteiger partial charge in [-0.15, -0.1) is 0 Å². The highest BCUT2D eigenvalue weighted by Gasteiger charge is 2.20. The molecule has 0 aromatic heterocycles. The number of benzene rings is 1. The summed E-state index contributed by atoms with van der Waals surface area (Å²) in [6, 6.07) is 9.78. The van der Waals surface area contributed by atoms with Gasteiger partial charge in [-0.3, -0.25) is 0 Å². The summed E-state index contributed by atoms with van der Waals surface area (Å²) in [5, 5.41) is 12.6. The first-order valence-corrected chi connectivity index (χ1v) is 6.48. The van der Waals surface area contributed by atoms with Crippen LogP contribution in [0.3, 0.4) is 0 Å². The first-order chi connectivity index (χ1) is 8.75. The van der Waals surface area contributed by atoms with Gasteiger partial charge in [0.2, 0.25) is 0 Å². The Morgan fingerprint density at radius 2 is 1.94 bits per heavy atom. The Bertz CT molecular complexity index is 375. The molecule has 1 saturated heterocycles. The van der Waals surface area contributed by atoms with Crippen LogP contribution in [0.25, 0.3) is 0 Å². The largest absolute Gasteiger partial charge is 0.465 e. The molecule has 4 heteroatoms. The molecule has 1 aromatic carbocycles. The Balaban J connectivity index is 1.93. The third-order valence-electron chi connectivity index (χ3n) is 3.42. The van der Waals surface area contributed by atoms with Crippen molar-refractivity contribution in [3.8, 4) is 0 Å². The Morgan fingerprint density at radius 3 is 2.56 bits per heavy atom. The molecule has 1 heterocycles. The molecule has 2 N–H and O–H groups in total. The van der Waals surface area contributed by atoms with Crippen molar-refractivity contribution in [3.63, 3.8) is 0 Å². The van der Waals surface area contributed by atoms with Gasteiger partial charge in [-0.2, -0.15) is 0 Å². The molecule has 18 heavy (non-hydrogen) atoms. The van der Waals surface area contributed by atoms with Crippen molar-refractivity contribution in [1.82, 2.24) is 10.2 Å². The molecule has 0 atom stereocenters. The molecule has 0 aliphatic carbocycles. The zero-order valence-corrected chi connectivity index (χ0v) is 10.5. The molecule has 4 nitrogen and oxygen atoms in total. The minimum atomic E-state index is -0.822. The predicted molar refractivity (Wildman–Crippen MR) is 70.5 cm³/mol. The minimum absolute atomic E-state index is 0.486. The molecule has 0 radical (unpaired) electrons. The van der Waals surface area contributed by atoms with E-state index < -0.39 is 6.09 Å². The molecule has 1 aliphatic heterocycles. The van der Waals surface area contributed by atoms with E-state index in [2.05, 4.69) is 5.32 Å². The second-order valence-electron chi connectivity index (χ2n) is 4.84. The zero-order valence-electron chi connectivity index (χ0n) is 10.5. The Morgan fingerprint density at radius 1 is 1.28 bits per heavy atom. The Kier molecular flexibility index (Phi) is 4.59. The fourth-order valence-corrected chi connectivity index (χ4v) is 2.39. The van der Waals surface area contributed by atoms with Crippen LogP contribution in [0.15, 0.2) is 30.3 Å². The molecule has 0 bridgehead atoms. The van der Waals surface area contributed by atoms with E-state index in [0.717, 1.165) is 31.5 Å². The van der Waals surface area contributed by atoms with E-state index in [0.29, 0.717) is 19.0 Å². The second kappa shape index (κ2) is 6.40. The normalized spacial score (nSPS) is 16.4. The van der Waals surface area contributed by atoms with Gasteiger partial charge in [0.05, 0.1) is 0 Å². The molecule has 0 unspecified atom stereocenters. The number of piperidine rings is 1. The lowest BCUT2D eigenvalue weighted by molar-refractivity contribution is 0.129. The summed E-state index contributed by atoms with van der Waals surface area (Å²) in [6.07, 6.45) is 1.31. The van der Waals surface area contributed by atoms with Gasteiger partial charge < -0.3 is 15.3 Å². The van der Waals surface area contributed by atoms with Gasteiger partial charge in [-0.1, -0.05) is 30.3 Å². The highest BCUT2D eigenvalue weighted by Crippen LogP contribution is 2.15. The van der Waals surface area contributed by atoms with Crippen LogP contribution >= 0.6 is 0 Å². The maximum atomic E-state index is 11.3. The average molecular weight is 248 g/mol. The molecule has 0 saturated carbocycles. The maximum absolute atomic E-state index is 11.3. The number of hydrogen-bond donors (Lipinski definition) is 2. The standard InChI is InChI=1S/C14H20N2O2/c17-14(18)16(10-12-4-2-1-3-5-12)11-13-6-8-15-9-7-13/h1-5,13,15H,6-11H2,(H,17,18). The van der Waals surface area contributed by atoms with Crippen LogP contribution < -0.4 is 5.32 Å². The molecule has 2 rings (SSSR count). The van der Waals surface area contributed by atoms with Crippen LogP contribution in [-0.4, -0.2) is 35.7 Å². The quantitative estimate of drug-likeness (QED) is 0.858. The van der Waals surface area contributed by atoms with E-state index in [1.165, 1.54) is 4.90 Å². The summed E-state index contributed by atoms with van der Waals surface area (Å²) in [5.41, 5.74) is 1.05. The predicted octanol–water partition coefficient (Wildman–Crippen LogP) is 2.17. The lowest BCUT2D eigenvalue weighted by atomic mass is 9.97. The third kappa shape index (κ3) is 3.74. The number of rotatable bonds is 4. The molecule has 1 aliphatic rings. The van der Waals surface area contributed by atoms with Crippen LogP contribution in [-0.2, 0) is 6.54 Å². The lowest BCUT2D eigenvalue weighted by Gasteiger charge is -2.28. The Hall–Kier alpha value is -1.55. The van der Waals surface area contributed by atoms with Crippen molar-refractivity contribution < 1.29 is 9.90 Å². The summed E-state index contributed by atoms with van der Waals surface area (Å²) in [5.74, 6) is 0.492. The van der Waals surface area contributed by atoms with Gasteiger partial charge in [0.25, 0.3) is 0 Å². The van der Waals surface area contributed by atoms with E-state index in [1.54, 1.807) is 0 Å². The second-order valence-corrected chi connectivity index (χ2v) is 4.84.